The molecular weight excluding hydrogens is 539 g/mol. The van der Waals surface area contributed by atoms with E-state index < -0.39 is 10.0 Å². The Morgan fingerprint density at radius 3 is 2.37 bits per heavy atom. The number of benzene rings is 2. The molecule has 0 heterocycles. The van der Waals surface area contributed by atoms with Gasteiger partial charge >= 0.3 is 0 Å². The monoisotopic (exact) mass is 566 g/mol. The van der Waals surface area contributed by atoms with Crippen molar-refractivity contribution in [2.24, 2.45) is 4.99 Å². The summed E-state index contributed by atoms with van der Waals surface area (Å²) in [6.45, 7) is 2.77. The molecule has 30 heavy (non-hydrogen) atoms. The zero-order valence-corrected chi connectivity index (χ0v) is 21.3. The fraction of sp³-hybridized carbons (Fsp3) is 0.350. The van der Waals surface area contributed by atoms with Gasteiger partial charge in [0.25, 0.3) is 0 Å². The quantitative estimate of drug-likeness (QED) is 0.291. The fourth-order valence-corrected chi connectivity index (χ4v) is 3.77. The smallest absolute Gasteiger partial charge is 0.242 e. The summed E-state index contributed by atoms with van der Waals surface area (Å²) in [5.41, 5.74) is 0.662. The maximum absolute atomic E-state index is 12.5. The molecule has 1 unspecified atom stereocenters. The molecule has 0 amide bonds. The molecule has 7 nitrogen and oxygen atoms in total. The molecule has 2 aromatic rings. The lowest BCUT2D eigenvalue weighted by Gasteiger charge is -2.19. The summed E-state index contributed by atoms with van der Waals surface area (Å²) in [6, 6.07) is 14.1. The summed E-state index contributed by atoms with van der Waals surface area (Å²) in [4.78, 5) is 4.45. The molecule has 0 bridgehead atoms. The minimum absolute atomic E-state index is 0. The van der Waals surface area contributed by atoms with Crippen LogP contribution in [0, 0.1) is 0 Å². The molecule has 2 rings (SSSR count). The van der Waals surface area contributed by atoms with E-state index in [1.165, 1.54) is 18.4 Å². The Morgan fingerprint density at radius 2 is 1.77 bits per heavy atom. The second-order valence-electron chi connectivity index (χ2n) is 6.58. The summed E-state index contributed by atoms with van der Waals surface area (Å²) in [6.07, 6.45) is -0.115. The van der Waals surface area contributed by atoms with Gasteiger partial charge in [-0.1, -0.05) is 29.8 Å². The summed E-state index contributed by atoms with van der Waals surface area (Å²) < 4.78 is 32.0. The molecule has 0 aromatic heterocycles. The predicted octanol–water partition coefficient (Wildman–Crippen LogP) is 3.34. The summed E-state index contributed by atoms with van der Waals surface area (Å²) in [5.74, 6) is 1.28. The topological polar surface area (TPSA) is 83.0 Å². The van der Waals surface area contributed by atoms with Crippen molar-refractivity contribution in [3.63, 3.8) is 0 Å². The molecule has 1 atom stereocenters. The van der Waals surface area contributed by atoms with E-state index in [9.17, 15) is 8.42 Å². The van der Waals surface area contributed by atoms with Gasteiger partial charge in [-0.25, -0.2) is 12.7 Å². The summed E-state index contributed by atoms with van der Waals surface area (Å²) >= 11 is 5.88. The third kappa shape index (κ3) is 7.60. The lowest BCUT2D eigenvalue weighted by molar-refractivity contribution is 0.224. The highest BCUT2D eigenvalue weighted by atomic mass is 127. The second-order valence-corrected chi connectivity index (χ2v) is 9.14. The van der Waals surface area contributed by atoms with Crippen LogP contribution in [-0.2, 0) is 16.6 Å². The second kappa shape index (κ2) is 12.3. The molecule has 10 heteroatoms. The van der Waals surface area contributed by atoms with Gasteiger partial charge in [0.1, 0.15) is 11.9 Å². The molecule has 0 aliphatic carbocycles. The van der Waals surface area contributed by atoms with Gasteiger partial charge in [-0.2, -0.15) is 0 Å². The number of guanidine groups is 1. The van der Waals surface area contributed by atoms with Gasteiger partial charge in [0.15, 0.2) is 5.96 Å². The Balaban J connectivity index is 0.00000450. The zero-order valence-electron chi connectivity index (χ0n) is 17.4. The van der Waals surface area contributed by atoms with Gasteiger partial charge in [-0.3, -0.25) is 4.99 Å². The Labute approximate surface area is 200 Å². The number of hydrogen-bond acceptors (Lipinski definition) is 4. The lowest BCUT2D eigenvalue weighted by Crippen LogP contribution is -2.41. The number of nitrogens with one attached hydrogen (secondary N) is 2. The Morgan fingerprint density at radius 1 is 1.13 bits per heavy atom. The Bertz CT molecular complexity index is 937. The molecule has 2 N–H and O–H groups in total. The number of nitrogens with zero attached hydrogens (tertiary/aromatic N) is 2. The van der Waals surface area contributed by atoms with Crippen molar-refractivity contribution in [2.75, 3.05) is 27.7 Å². The van der Waals surface area contributed by atoms with Gasteiger partial charge in [-0.05, 0) is 42.8 Å². The molecule has 0 fully saturated rings. The van der Waals surface area contributed by atoms with E-state index in [-0.39, 0.29) is 35.0 Å². The van der Waals surface area contributed by atoms with Crippen molar-refractivity contribution in [3.05, 3.63) is 59.1 Å². The van der Waals surface area contributed by atoms with Crippen molar-refractivity contribution in [1.82, 2.24) is 14.9 Å². The number of hydrogen-bond donors (Lipinski definition) is 2. The van der Waals surface area contributed by atoms with E-state index in [0.29, 0.717) is 29.6 Å². The Hall–Kier alpha value is -1.56. The minimum Gasteiger partial charge on any atom is -0.489 e. The van der Waals surface area contributed by atoms with Crippen LogP contribution in [0.25, 0.3) is 0 Å². The minimum atomic E-state index is -3.52. The molecule has 0 spiro atoms. The standard InChI is InChI=1S/C20H27ClN4O3S.HI/c1-15(28-18-11-9-17(21)10-12-18)13-23-20(22-2)24-14-16-7-5-6-8-19(16)29(26,27)25(3)4;/h5-12,15H,13-14H2,1-4H3,(H2,22,23,24);1H. The molecule has 0 saturated carbocycles. The van der Waals surface area contributed by atoms with E-state index in [1.807, 2.05) is 25.1 Å². The van der Waals surface area contributed by atoms with Crippen molar-refractivity contribution < 1.29 is 13.2 Å². The lowest BCUT2D eigenvalue weighted by atomic mass is 10.2. The molecule has 166 valence electrons. The highest BCUT2D eigenvalue weighted by molar-refractivity contribution is 14.0. The number of aliphatic imine (C=N–C) groups is 1. The van der Waals surface area contributed by atoms with Gasteiger partial charge < -0.3 is 15.4 Å². The number of halogens is 2. The molecule has 0 radical (unpaired) electrons. The normalized spacial score (nSPS) is 12.8. The summed E-state index contributed by atoms with van der Waals surface area (Å²) in [7, 11) is 1.17. The van der Waals surface area contributed by atoms with Crippen molar-refractivity contribution in [1.29, 1.82) is 0 Å². The van der Waals surface area contributed by atoms with Crippen LogP contribution < -0.4 is 15.4 Å². The van der Waals surface area contributed by atoms with Crippen LogP contribution in [0.3, 0.4) is 0 Å². The van der Waals surface area contributed by atoms with Gasteiger partial charge in [0.2, 0.25) is 10.0 Å². The van der Waals surface area contributed by atoms with E-state index >= 15 is 0 Å². The van der Waals surface area contributed by atoms with Crippen LogP contribution in [0.15, 0.2) is 58.4 Å². The molecular formula is C20H28ClIN4O3S. The SMILES string of the molecule is CN=C(NCc1ccccc1S(=O)(=O)N(C)C)NCC(C)Oc1ccc(Cl)cc1.I. The van der Waals surface area contributed by atoms with E-state index in [0.717, 1.165) is 5.75 Å². The van der Waals surface area contributed by atoms with E-state index in [1.54, 1.807) is 37.4 Å². The Kier molecular flexibility index (Phi) is 10.9. The average Bonchev–Trinajstić information content (AvgIpc) is 2.70. The van der Waals surface area contributed by atoms with E-state index in [4.69, 9.17) is 16.3 Å². The first-order chi connectivity index (χ1) is 13.7. The van der Waals surface area contributed by atoms with Crippen molar-refractivity contribution in [2.45, 2.75) is 24.5 Å². The average molecular weight is 567 g/mol. The van der Waals surface area contributed by atoms with Crippen LogP contribution in [0.4, 0.5) is 0 Å². The van der Waals surface area contributed by atoms with E-state index in [2.05, 4.69) is 15.6 Å². The van der Waals surface area contributed by atoms with Crippen LogP contribution in [0.5, 0.6) is 5.75 Å². The number of rotatable bonds is 8. The van der Waals surface area contributed by atoms with Crippen LogP contribution in [0.1, 0.15) is 12.5 Å². The first kappa shape index (κ1) is 26.5. The van der Waals surface area contributed by atoms with Gasteiger partial charge in [0.05, 0.1) is 11.4 Å². The molecule has 0 aliphatic heterocycles. The zero-order chi connectivity index (χ0) is 21.4. The van der Waals surface area contributed by atoms with Gasteiger partial charge in [0, 0.05) is 32.7 Å². The van der Waals surface area contributed by atoms with Crippen LogP contribution in [0.2, 0.25) is 5.02 Å². The molecule has 2 aromatic carbocycles. The highest BCUT2D eigenvalue weighted by Crippen LogP contribution is 2.18. The third-order valence-corrected chi connectivity index (χ3v) is 6.28. The summed E-state index contributed by atoms with van der Waals surface area (Å²) in [5, 5.41) is 6.98. The maximum Gasteiger partial charge on any atom is 0.242 e. The highest BCUT2D eigenvalue weighted by Gasteiger charge is 2.20. The fourth-order valence-electron chi connectivity index (χ4n) is 2.53. The van der Waals surface area contributed by atoms with Crippen LogP contribution in [-0.4, -0.2) is 52.5 Å². The number of sulfonamides is 1. The van der Waals surface area contributed by atoms with Gasteiger partial charge in [-0.15, -0.1) is 24.0 Å². The first-order valence-corrected chi connectivity index (χ1v) is 10.9. The predicted molar refractivity (Wildman–Crippen MR) is 132 cm³/mol. The first-order valence-electron chi connectivity index (χ1n) is 9.11. The molecule has 0 aliphatic rings. The van der Waals surface area contributed by atoms with Crippen molar-refractivity contribution >= 4 is 51.6 Å². The maximum atomic E-state index is 12.5. The third-order valence-electron chi connectivity index (χ3n) is 4.11. The van der Waals surface area contributed by atoms with Crippen molar-refractivity contribution in [3.8, 4) is 5.75 Å². The van der Waals surface area contributed by atoms with Crippen LogP contribution >= 0.6 is 35.6 Å². The largest absolute Gasteiger partial charge is 0.489 e. The number of ether oxygens (including phenoxy) is 1. The molecule has 0 saturated heterocycles.